The van der Waals surface area contributed by atoms with Crippen molar-refractivity contribution in [3.8, 4) is 0 Å². The third-order valence-electron chi connectivity index (χ3n) is 3.08. The number of hydrogen-bond donors (Lipinski definition) is 6. The second kappa shape index (κ2) is 5.81. The third kappa shape index (κ3) is 2.79. The number of imidazole rings is 1. The van der Waals surface area contributed by atoms with E-state index in [4.69, 9.17) is 10.8 Å². The van der Waals surface area contributed by atoms with Crippen LogP contribution in [0.5, 0.6) is 0 Å². The van der Waals surface area contributed by atoms with Crippen LogP contribution in [0.15, 0.2) is 18.2 Å². The number of aromatic amines is 1. The number of aromatic nitrogens is 2. The maximum Gasteiger partial charge on any atom is 0.127 e. The smallest absolute Gasteiger partial charge is 0.127 e. The molecule has 0 aliphatic rings. The van der Waals surface area contributed by atoms with Crippen molar-refractivity contribution in [3.05, 3.63) is 29.8 Å². The van der Waals surface area contributed by atoms with Crippen molar-refractivity contribution in [2.45, 2.75) is 24.4 Å². The zero-order valence-corrected chi connectivity index (χ0v) is 10.4. The molecule has 0 unspecified atom stereocenters. The topological polar surface area (TPSA) is 136 Å². The lowest BCUT2D eigenvalue weighted by atomic mass is 10.0. The number of aliphatic hydroxyl groups excluding tert-OH is 4. The Morgan fingerprint density at radius 2 is 1.95 bits per heavy atom. The maximum atomic E-state index is 13.1. The van der Waals surface area contributed by atoms with Crippen molar-refractivity contribution in [1.82, 2.24) is 9.97 Å². The summed E-state index contributed by atoms with van der Waals surface area (Å²) in [5.41, 5.74) is 6.61. The Hall–Kier alpha value is -1.58. The Balaban J connectivity index is 2.24. The molecule has 0 saturated carbocycles. The van der Waals surface area contributed by atoms with Gasteiger partial charge in [0.1, 0.15) is 30.0 Å². The van der Waals surface area contributed by atoms with Crippen LogP contribution in [0.25, 0.3) is 11.0 Å². The van der Waals surface area contributed by atoms with Crippen LogP contribution in [0.3, 0.4) is 0 Å². The second-order valence-electron chi connectivity index (χ2n) is 4.54. The lowest BCUT2D eigenvalue weighted by Crippen LogP contribution is -2.45. The first-order chi connectivity index (χ1) is 9.43. The molecule has 110 valence electrons. The number of hydrogen-bond acceptors (Lipinski definition) is 6. The molecular weight excluding hydrogens is 269 g/mol. The van der Waals surface area contributed by atoms with E-state index < -0.39 is 36.8 Å². The summed E-state index contributed by atoms with van der Waals surface area (Å²) >= 11 is 0. The van der Waals surface area contributed by atoms with Crippen LogP contribution < -0.4 is 5.73 Å². The van der Waals surface area contributed by atoms with Crippen LogP contribution in [0.1, 0.15) is 11.9 Å². The summed E-state index contributed by atoms with van der Waals surface area (Å²) in [5.74, 6) is -0.306. The van der Waals surface area contributed by atoms with Gasteiger partial charge in [0, 0.05) is 0 Å². The molecule has 0 saturated heterocycles. The van der Waals surface area contributed by atoms with Crippen LogP contribution in [-0.4, -0.2) is 55.3 Å². The minimum atomic E-state index is -1.63. The summed E-state index contributed by atoms with van der Waals surface area (Å²) in [4.78, 5) is 6.82. The van der Waals surface area contributed by atoms with E-state index in [2.05, 4.69) is 9.97 Å². The van der Waals surface area contributed by atoms with Crippen molar-refractivity contribution < 1.29 is 24.8 Å². The number of fused-ring (bicyclic) bond motifs is 1. The number of aliphatic hydroxyl groups is 4. The van der Waals surface area contributed by atoms with Crippen LogP contribution in [-0.2, 0) is 0 Å². The van der Waals surface area contributed by atoms with Gasteiger partial charge in [0.25, 0.3) is 0 Å². The van der Waals surface area contributed by atoms with E-state index in [1.807, 2.05) is 0 Å². The summed E-state index contributed by atoms with van der Waals surface area (Å²) in [6, 6.07) is 2.79. The molecule has 1 aromatic heterocycles. The van der Waals surface area contributed by atoms with Gasteiger partial charge >= 0.3 is 0 Å². The molecule has 1 aromatic carbocycles. The number of benzene rings is 1. The van der Waals surface area contributed by atoms with Gasteiger partial charge in [0.2, 0.25) is 0 Å². The fraction of sp³-hybridized carbons (Fsp3) is 0.417. The molecule has 0 spiro atoms. The zero-order chi connectivity index (χ0) is 14.9. The highest BCUT2D eigenvalue weighted by atomic mass is 19.1. The monoisotopic (exact) mass is 285 g/mol. The summed E-state index contributed by atoms with van der Waals surface area (Å²) in [6.07, 6.45) is -4.68. The van der Waals surface area contributed by atoms with Gasteiger partial charge in [-0.3, -0.25) is 0 Å². The first-order valence-electron chi connectivity index (χ1n) is 6.00. The summed E-state index contributed by atoms with van der Waals surface area (Å²) in [6.45, 7) is -0.712. The second-order valence-corrected chi connectivity index (χ2v) is 4.54. The molecule has 0 bridgehead atoms. The highest BCUT2D eigenvalue weighted by Gasteiger charge is 2.31. The summed E-state index contributed by atoms with van der Waals surface area (Å²) in [7, 11) is 0. The Kier molecular flexibility index (Phi) is 4.31. The van der Waals surface area contributed by atoms with Crippen LogP contribution >= 0.6 is 0 Å². The number of rotatable bonds is 5. The van der Waals surface area contributed by atoms with E-state index in [1.54, 1.807) is 0 Å². The Labute approximate surface area is 113 Å². The molecule has 8 heteroatoms. The van der Waals surface area contributed by atoms with Gasteiger partial charge in [-0.25, -0.2) is 9.37 Å². The molecule has 7 nitrogen and oxygen atoms in total. The van der Waals surface area contributed by atoms with Gasteiger partial charge in [0.15, 0.2) is 0 Å². The number of halogens is 1. The van der Waals surface area contributed by atoms with Gasteiger partial charge in [0.05, 0.1) is 23.7 Å². The first kappa shape index (κ1) is 14.8. The Morgan fingerprint density at radius 3 is 2.60 bits per heavy atom. The van der Waals surface area contributed by atoms with Crippen molar-refractivity contribution in [2.24, 2.45) is 5.73 Å². The fourth-order valence-corrected chi connectivity index (χ4v) is 1.87. The molecule has 4 atom stereocenters. The number of nitrogens with zero attached hydrogens (tertiary/aromatic N) is 1. The number of nitrogens with two attached hydrogens (primary N) is 1. The van der Waals surface area contributed by atoms with Gasteiger partial charge in [-0.05, 0) is 18.2 Å². The molecular formula is C12H16FN3O4. The van der Waals surface area contributed by atoms with Gasteiger partial charge < -0.3 is 31.1 Å². The molecule has 20 heavy (non-hydrogen) atoms. The third-order valence-corrected chi connectivity index (χ3v) is 3.08. The van der Waals surface area contributed by atoms with Crippen molar-refractivity contribution in [1.29, 1.82) is 0 Å². The average Bonchev–Trinajstić information content (AvgIpc) is 2.86. The standard InChI is InChI=1S/C12H16FN3O4/c13-5-1-2-6-7(3-5)16-12(15-6)9(14)11(20)10(19)8(18)4-17/h1-3,8-11,17-20H,4,14H2,(H,15,16)/t8-,9-,10-,11-/m1/s1. The predicted molar refractivity (Wildman–Crippen MR) is 68.1 cm³/mol. The highest BCUT2D eigenvalue weighted by molar-refractivity contribution is 5.75. The van der Waals surface area contributed by atoms with Gasteiger partial charge in [-0.1, -0.05) is 0 Å². The van der Waals surface area contributed by atoms with Gasteiger partial charge in [-0.2, -0.15) is 0 Å². The van der Waals surface area contributed by atoms with E-state index in [0.29, 0.717) is 11.0 Å². The summed E-state index contributed by atoms with van der Waals surface area (Å²) < 4.78 is 13.1. The molecule has 0 amide bonds. The largest absolute Gasteiger partial charge is 0.394 e. The van der Waals surface area contributed by atoms with E-state index in [-0.39, 0.29) is 5.82 Å². The number of H-pyrrole nitrogens is 1. The molecule has 0 fully saturated rings. The van der Waals surface area contributed by atoms with Crippen molar-refractivity contribution in [2.75, 3.05) is 6.61 Å². The fourth-order valence-electron chi connectivity index (χ4n) is 1.87. The first-order valence-corrected chi connectivity index (χ1v) is 6.00. The van der Waals surface area contributed by atoms with Gasteiger partial charge in [-0.15, -0.1) is 0 Å². The maximum absolute atomic E-state index is 13.1. The van der Waals surface area contributed by atoms with E-state index in [1.165, 1.54) is 18.2 Å². The van der Waals surface area contributed by atoms with E-state index in [9.17, 15) is 19.7 Å². The highest BCUT2D eigenvalue weighted by Crippen LogP contribution is 2.20. The summed E-state index contributed by atoms with van der Waals surface area (Å²) in [5, 5.41) is 37.4. The minimum absolute atomic E-state index is 0.141. The molecule has 7 N–H and O–H groups in total. The molecule has 0 radical (unpaired) electrons. The minimum Gasteiger partial charge on any atom is -0.394 e. The normalized spacial score (nSPS) is 17.9. The van der Waals surface area contributed by atoms with Crippen LogP contribution in [0.2, 0.25) is 0 Å². The van der Waals surface area contributed by atoms with Crippen LogP contribution in [0, 0.1) is 5.82 Å². The quantitative estimate of drug-likeness (QED) is 0.407. The lowest BCUT2D eigenvalue weighted by molar-refractivity contribution is -0.0844. The Morgan fingerprint density at radius 1 is 1.25 bits per heavy atom. The SMILES string of the molecule is N[C@@H](c1nc2ccc(F)cc2[nH]1)[C@@H](O)[C@H](O)[C@H](O)CO. The average molecular weight is 285 g/mol. The van der Waals surface area contributed by atoms with E-state index >= 15 is 0 Å². The molecule has 0 aliphatic carbocycles. The zero-order valence-electron chi connectivity index (χ0n) is 10.4. The molecule has 2 rings (SSSR count). The Bertz CT molecular complexity index is 591. The van der Waals surface area contributed by atoms with E-state index in [0.717, 1.165) is 0 Å². The van der Waals surface area contributed by atoms with Crippen molar-refractivity contribution >= 4 is 11.0 Å². The predicted octanol–water partition coefficient (Wildman–Crippen LogP) is -1.22. The van der Waals surface area contributed by atoms with Crippen molar-refractivity contribution in [3.63, 3.8) is 0 Å². The lowest BCUT2D eigenvalue weighted by Gasteiger charge is -2.25. The van der Waals surface area contributed by atoms with Crippen LogP contribution in [0.4, 0.5) is 4.39 Å². The molecule has 1 heterocycles. The molecule has 2 aromatic rings. The molecule has 0 aliphatic heterocycles. The number of nitrogens with one attached hydrogen (secondary N) is 1.